The molecule has 150 valence electrons. The molecule has 1 fully saturated rings. The second-order valence-corrected chi connectivity index (χ2v) is 7.82. The van der Waals surface area contributed by atoms with Gasteiger partial charge in [0.2, 0.25) is 5.91 Å². The van der Waals surface area contributed by atoms with E-state index in [1.54, 1.807) is 4.90 Å². The fourth-order valence-corrected chi connectivity index (χ4v) is 3.89. The number of carbonyl (C=O) groups excluding carboxylic acids is 2. The van der Waals surface area contributed by atoms with Crippen LogP contribution in [0.4, 0.5) is 0 Å². The third-order valence-electron chi connectivity index (χ3n) is 4.83. The first-order valence-corrected chi connectivity index (χ1v) is 10.5. The lowest BCUT2D eigenvalue weighted by atomic mass is 10.2. The van der Waals surface area contributed by atoms with Gasteiger partial charge < -0.3 is 14.5 Å². The van der Waals surface area contributed by atoms with Crippen molar-refractivity contribution < 1.29 is 14.3 Å². The topological polar surface area (TPSA) is 53.1 Å². The molecule has 6 nitrogen and oxygen atoms in total. The minimum Gasteiger partial charge on any atom is -0.494 e. The van der Waals surface area contributed by atoms with Crippen LogP contribution in [0.3, 0.4) is 0 Å². The van der Waals surface area contributed by atoms with Crippen LogP contribution in [0.5, 0.6) is 5.75 Å². The first-order chi connectivity index (χ1) is 13.6. The minimum atomic E-state index is 0.0897. The van der Waals surface area contributed by atoms with Crippen LogP contribution in [0.15, 0.2) is 41.8 Å². The smallest absolute Gasteiger partial charge is 0.264 e. The van der Waals surface area contributed by atoms with E-state index in [4.69, 9.17) is 4.74 Å². The van der Waals surface area contributed by atoms with Gasteiger partial charge in [-0.05, 0) is 36.1 Å². The maximum absolute atomic E-state index is 12.6. The molecule has 0 saturated carbocycles. The van der Waals surface area contributed by atoms with Crippen LogP contribution in [0.25, 0.3) is 0 Å². The molecule has 2 amide bonds. The van der Waals surface area contributed by atoms with Crippen molar-refractivity contribution in [3.8, 4) is 5.75 Å². The van der Waals surface area contributed by atoms with E-state index in [-0.39, 0.29) is 11.8 Å². The summed E-state index contributed by atoms with van der Waals surface area (Å²) in [6, 6.07) is 11.6. The molecule has 28 heavy (non-hydrogen) atoms. The Morgan fingerprint density at radius 2 is 1.82 bits per heavy atom. The summed E-state index contributed by atoms with van der Waals surface area (Å²) in [6.07, 6.45) is 0. The SMILES string of the molecule is CCOc1ccc(CN(C)C(=O)CN2CCN(C(=O)c3cccs3)CC2)cc1. The Balaban J connectivity index is 1.44. The van der Waals surface area contributed by atoms with Gasteiger partial charge in [0.05, 0.1) is 18.0 Å². The average Bonchev–Trinajstić information content (AvgIpc) is 3.24. The zero-order valence-corrected chi connectivity index (χ0v) is 17.3. The molecule has 1 aliphatic rings. The number of hydrogen-bond acceptors (Lipinski definition) is 5. The summed E-state index contributed by atoms with van der Waals surface area (Å²) >= 11 is 1.47. The molecule has 0 aliphatic carbocycles. The van der Waals surface area contributed by atoms with Crippen LogP contribution in [0.1, 0.15) is 22.2 Å². The van der Waals surface area contributed by atoms with Crippen molar-refractivity contribution >= 4 is 23.2 Å². The van der Waals surface area contributed by atoms with Gasteiger partial charge in [-0.1, -0.05) is 18.2 Å². The highest BCUT2D eigenvalue weighted by Crippen LogP contribution is 2.15. The Labute approximate surface area is 170 Å². The summed E-state index contributed by atoms with van der Waals surface area (Å²) in [5.74, 6) is 1.02. The van der Waals surface area contributed by atoms with Crippen LogP contribution in [-0.2, 0) is 11.3 Å². The van der Waals surface area contributed by atoms with Crippen LogP contribution in [0.2, 0.25) is 0 Å². The van der Waals surface area contributed by atoms with Gasteiger partial charge in [0.1, 0.15) is 5.75 Å². The van der Waals surface area contributed by atoms with Crippen LogP contribution in [0, 0.1) is 0 Å². The summed E-state index contributed by atoms with van der Waals surface area (Å²) in [5, 5.41) is 1.92. The van der Waals surface area contributed by atoms with Crippen LogP contribution >= 0.6 is 11.3 Å². The Morgan fingerprint density at radius 1 is 1.11 bits per heavy atom. The second kappa shape index (κ2) is 9.71. The van der Waals surface area contributed by atoms with Crippen molar-refractivity contribution in [2.75, 3.05) is 46.4 Å². The number of benzene rings is 1. The Hall–Kier alpha value is -2.38. The number of carbonyl (C=O) groups is 2. The van der Waals surface area contributed by atoms with E-state index < -0.39 is 0 Å². The third-order valence-corrected chi connectivity index (χ3v) is 5.69. The summed E-state index contributed by atoms with van der Waals surface area (Å²) in [7, 11) is 1.83. The molecule has 0 N–H and O–H groups in total. The van der Waals surface area contributed by atoms with Crippen molar-refractivity contribution in [1.82, 2.24) is 14.7 Å². The number of likely N-dealkylation sites (N-methyl/N-ethyl adjacent to an activating group) is 1. The molecule has 0 unspecified atom stereocenters. The van der Waals surface area contributed by atoms with Gasteiger partial charge in [-0.3, -0.25) is 14.5 Å². The molecule has 3 rings (SSSR count). The number of thiophene rings is 1. The van der Waals surface area contributed by atoms with E-state index in [0.29, 0.717) is 32.8 Å². The molecule has 1 saturated heterocycles. The van der Waals surface area contributed by atoms with Gasteiger partial charge in [0, 0.05) is 39.8 Å². The molecule has 2 heterocycles. The number of piperazine rings is 1. The Morgan fingerprint density at radius 3 is 2.43 bits per heavy atom. The van der Waals surface area contributed by atoms with E-state index in [2.05, 4.69) is 4.90 Å². The fraction of sp³-hybridized carbons (Fsp3) is 0.429. The van der Waals surface area contributed by atoms with Crippen molar-refractivity contribution in [2.24, 2.45) is 0 Å². The summed E-state index contributed by atoms with van der Waals surface area (Å²) in [6.45, 7) is 6.32. The molecule has 0 spiro atoms. The van der Waals surface area contributed by atoms with Crippen molar-refractivity contribution in [3.05, 3.63) is 52.2 Å². The van der Waals surface area contributed by atoms with E-state index >= 15 is 0 Å². The van der Waals surface area contributed by atoms with Gasteiger partial charge in [-0.2, -0.15) is 0 Å². The number of hydrogen-bond donors (Lipinski definition) is 0. The van der Waals surface area contributed by atoms with E-state index in [9.17, 15) is 9.59 Å². The number of ether oxygens (including phenoxy) is 1. The minimum absolute atomic E-state index is 0.0897. The second-order valence-electron chi connectivity index (χ2n) is 6.87. The molecule has 1 aromatic heterocycles. The lowest BCUT2D eigenvalue weighted by Gasteiger charge is -2.34. The summed E-state index contributed by atoms with van der Waals surface area (Å²) in [4.78, 5) is 31.5. The van der Waals surface area contributed by atoms with E-state index in [0.717, 1.165) is 29.3 Å². The van der Waals surface area contributed by atoms with Gasteiger partial charge in [-0.25, -0.2) is 0 Å². The predicted molar refractivity (Wildman–Crippen MR) is 111 cm³/mol. The largest absolute Gasteiger partial charge is 0.494 e. The molecule has 0 bridgehead atoms. The molecule has 1 aliphatic heterocycles. The first-order valence-electron chi connectivity index (χ1n) is 9.57. The highest BCUT2D eigenvalue weighted by atomic mass is 32.1. The first kappa shape index (κ1) is 20.4. The highest BCUT2D eigenvalue weighted by molar-refractivity contribution is 7.12. The number of nitrogens with zero attached hydrogens (tertiary/aromatic N) is 3. The van der Waals surface area contributed by atoms with Crippen LogP contribution < -0.4 is 4.74 Å². The molecule has 7 heteroatoms. The van der Waals surface area contributed by atoms with Crippen molar-refractivity contribution in [2.45, 2.75) is 13.5 Å². The Bertz CT molecular complexity index is 769. The molecular weight excluding hydrogens is 374 g/mol. The van der Waals surface area contributed by atoms with Crippen molar-refractivity contribution in [3.63, 3.8) is 0 Å². The number of amides is 2. The zero-order valence-electron chi connectivity index (χ0n) is 16.5. The zero-order chi connectivity index (χ0) is 19.9. The Kier molecular flexibility index (Phi) is 7.06. The third kappa shape index (κ3) is 5.33. The van der Waals surface area contributed by atoms with Gasteiger partial charge in [-0.15, -0.1) is 11.3 Å². The monoisotopic (exact) mass is 401 g/mol. The van der Waals surface area contributed by atoms with Gasteiger partial charge in [0.15, 0.2) is 0 Å². The fourth-order valence-electron chi connectivity index (χ4n) is 3.20. The van der Waals surface area contributed by atoms with E-state index in [1.807, 2.05) is 60.6 Å². The van der Waals surface area contributed by atoms with Crippen LogP contribution in [-0.4, -0.2) is 72.9 Å². The molecule has 0 atom stereocenters. The molecule has 0 radical (unpaired) electrons. The summed E-state index contributed by atoms with van der Waals surface area (Å²) < 4.78 is 5.45. The van der Waals surface area contributed by atoms with Crippen molar-refractivity contribution in [1.29, 1.82) is 0 Å². The maximum atomic E-state index is 12.6. The average molecular weight is 402 g/mol. The quantitative estimate of drug-likeness (QED) is 0.716. The predicted octanol–water partition coefficient (Wildman–Crippen LogP) is 2.56. The maximum Gasteiger partial charge on any atom is 0.264 e. The van der Waals surface area contributed by atoms with E-state index in [1.165, 1.54) is 11.3 Å². The van der Waals surface area contributed by atoms with Gasteiger partial charge >= 0.3 is 0 Å². The lowest BCUT2D eigenvalue weighted by Crippen LogP contribution is -2.51. The van der Waals surface area contributed by atoms with Gasteiger partial charge in [0.25, 0.3) is 5.91 Å². The summed E-state index contributed by atoms with van der Waals surface area (Å²) in [5.41, 5.74) is 1.07. The number of rotatable bonds is 7. The lowest BCUT2D eigenvalue weighted by molar-refractivity contribution is -0.132. The highest BCUT2D eigenvalue weighted by Gasteiger charge is 2.24. The standard InChI is InChI=1S/C21H27N3O3S/c1-3-27-18-8-6-17(7-9-18)15-22(2)20(25)16-23-10-12-24(13-11-23)21(26)19-5-4-14-28-19/h4-9,14H,3,10-13,15-16H2,1-2H3. The molecule has 2 aromatic rings. The molecule has 1 aromatic carbocycles. The normalized spacial score (nSPS) is 14.7. The molecular formula is C21H27N3O3S.